The zero-order valence-electron chi connectivity index (χ0n) is 18.0. The Labute approximate surface area is 203 Å². The van der Waals surface area contributed by atoms with Gasteiger partial charge in [-0.3, -0.25) is 9.89 Å². The molecular formula is C22H29F3IN5O. The third-order valence-corrected chi connectivity index (χ3v) is 4.95. The average molecular weight is 563 g/mol. The molecule has 1 fully saturated rings. The fraction of sp³-hybridized carbons (Fsp3) is 0.455. The molecular weight excluding hydrogens is 534 g/mol. The van der Waals surface area contributed by atoms with Gasteiger partial charge >= 0.3 is 6.18 Å². The maximum Gasteiger partial charge on any atom is 0.422 e. The number of halogens is 4. The molecule has 0 bridgehead atoms. The number of benzene rings is 1. The SMILES string of the molecule is CN=C(NCc1ccc(CN2CCCC2)cc1)NCc1ccnc(OCC(F)(F)F)c1.I. The predicted octanol–water partition coefficient (Wildman–Crippen LogP) is 4.10. The molecule has 3 rings (SSSR count). The second-order valence-corrected chi connectivity index (χ2v) is 7.49. The lowest BCUT2D eigenvalue weighted by Gasteiger charge is -2.15. The van der Waals surface area contributed by atoms with Crippen LogP contribution in [-0.2, 0) is 19.6 Å². The molecule has 0 aliphatic carbocycles. The number of nitrogens with zero attached hydrogens (tertiary/aromatic N) is 3. The standard InChI is InChI=1S/C22H28F3N5O.HI/c1-26-21(29-14-19-8-9-27-20(12-19)31-16-22(23,24)25)28-13-17-4-6-18(7-5-17)15-30-10-2-3-11-30;/h4-9,12H,2-3,10-11,13-16H2,1H3,(H2,26,28,29);1H. The van der Waals surface area contributed by atoms with Crippen LogP contribution >= 0.6 is 24.0 Å². The first-order chi connectivity index (χ1) is 14.9. The Morgan fingerprint density at radius 3 is 2.28 bits per heavy atom. The van der Waals surface area contributed by atoms with Crippen molar-refractivity contribution in [2.75, 3.05) is 26.7 Å². The number of likely N-dealkylation sites (tertiary alicyclic amines) is 1. The number of hydrogen-bond acceptors (Lipinski definition) is 4. The highest BCUT2D eigenvalue weighted by Crippen LogP contribution is 2.17. The molecule has 176 valence electrons. The van der Waals surface area contributed by atoms with Gasteiger partial charge in [-0.25, -0.2) is 4.98 Å². The molecule has 1 aromatic heterocycles. The Bertz CT molecular complexity index is 855. The van der Waals surface area contributed by atoms with Gasteiger partial charge in [0.1, 0.15) is 0 Å². The third-order valence-electron chi connectivity index (χ3n) is 4.95. The number of pyridine rings is 1. The molecule has 0 atom stereocenters. The van der Waals surface area contributed by atoms with Gasteiger partial charge in [0, 0.05) is 38.9 Å². The van der Waals surface area contributed by atoms with Gasteiger partial charge in [0.05, 0.1) is 0 Å². The topological polar surface area (TPSA) is 61.8 Å². The van der Waals surface area contributed by atoms with Crippen molar-refractivity contribution in [1.29, 1.82) is 0 Å². The smallest absolute Gasteiger partial charge is 0.422 e. The van der Waals surface area contributed by atoms with Crippen LogP contribution in [0.2, 0.25) is 0 Å². The van der Waals surface area contributed by atoms with E-state index in [4.69, 9.17) is 0 Å². The van der Waals surface area contributed by atoms with E-state index in [2.05, 4.69) is 54.5 Å². The summed E-state index contributed by atoms with van der Waals surface area (Å²) < 4.78 is 41.6. The summed E-state index contributed by atoms with van der Waals surface area (Å²) in [4.78, 5) is 10.5. The molecule has 6 nitrogen and oxygen atoms in total. The molecule has 1 aliphatic heterocycles. The number of hydrogen-bond donors (Lipinski definition) is 2. The predicted molar refractivity (Wildman–Crippen MR) is 129 cm³/mol. The van der Waals surface area contributed by atoms with Gasteiger partial charge in [0.15, 0.2) is 12.6 Å². The molecule has 2 heterocycles. The summed E-state index contributed by atoms with van der Waals surface area (Å²) in [5.41, 5.74) is 3.19. The summed E-state index contributed by atoms with van der Waals surface area (Å²) in [7, 11) is 1.67. The monoisotopic (exact) mass is 563 g/mol. The molecule has 1 aliphatic rings. The van der Waals surface area contributed by atoms with Gasteiger partial charge in [0.25, 0.3) is 0 Å². The number of guanidine groups is 1. The van der Waals surface area contributed by atoms with Crippen molar-refractivity contribution in [3.63, 3.8) is 0 Å². The van der Waals surface area contributed by atoms with Gasteiger partial charge in [-0.1, -0.05) is 24.3 Å². The molecule has 0 unspecified atom stereocenters. The van der Waals surface area contributed by atoms with Crippen molar-refractivity contribution in [3.8, 4) is 5.88 Å². The summed E-state index contributed by atoms with van der Waals surface area (Å²) in [6.45, 7) is 2.98. The molecule has 32 heavy (non-hydrogen) atoms. The molecule has 0 spiro atoms. The number of alkyl halides is 3. The van der Waals surface area contributed by atoms with Crippen molar-refractivity contribution in [1.82, 2.24) is 20.5 Å². The van der Waals surface area contributed by atoms with Crippen LogP contribution in [0.3, 0.4) is 0 Å². The second kappa shape index (κ2) is 12.8. The Balaban J connectivity index is 0.00000363. The Morgan fingerprint density at radius 2 is 1.66 bits per heavy atom. The van der Waals surface area contributed by atoms with Gasteiger partial charge in [-0.15, -0.1) is 24.0 Å². The minimum Gasteiger partial charge on any atom is -0.468 e. The van der Waals surface area contributed by atoms with Gasteiger partial charge in [-0.2, -0.15) is 13.2 Å². The van der Waals surface area contributed by atoms with Crippen molar-refractivity contribution in [3.05, 3.63) is 59.3 Å². The molecule has 2 aromatic rings. The molecule has 1 aromatic carbocycles. The Hall–Kier alpha value is -2.08. The number of aromatic nitrogens is 1. The quantitative estimate of drug-likeness (QED) is 0.288. The maximum atomic E-state index is 12.3. The number of rotatable bonds is 8. The van der Waals surface area contributed by atoms with Crippen LogP contribution < -0.4 is 15.4 Å². The van der Waals surface area contributed by atoms with Gasteiger partial charge < -0.3 is 15.4 Å². The van der Waals surface area contributed by atoms with E-state index >= 15 is 0 Å². The van der Waals surface area contributed by atoms with Crippen molar-refractivity contribution < 1.29 is 17.9 Å². The van der Waals surface area contributed by atoms with Crippen molar-refractivity contribution in [2.24, 2.45) is 4.99 Å². The van der Waals surface area contributed by atoms with E-state index in [1.165, 1.54) is 43.8 Å². The molecule has 2 N–H and O–H groups in total. The van der Waals surface area contributed by atoms with Gasteiger partial charge in [0.2, 0.25) is 5.88 Å². The van der Waals surface area contributed by atoms with Crippen LogP contribution in [-0.4, -0.2) is 48.8 Å². The summed E-state index contributed by atoms with van der Waals surface area (Å²) in [5, 5.41) is 6.38. The van der Waals surface area contributed by atoms with E-state index in [1.54, 1.807) is 13.1 Å². The average Bonchev–Trinajstić information content (AvgIpc) is 3.26. The molecule has 1 saturated heterocycles. The highest BCUT2D eigenvalue weighted by atomic mass is 127. The summed E-state index contributed by atoms with van der Waals surface area (Å²) in [6, 6.07) is 11.7. The highest BCUT2D eigenvalue weighted by molar-refractivity contribution is 14.0. The number of ether oxygens (including phenoxy) is 1. The maximum absolute atomic E-state index is 12.3. The lowest BCUT2D eigenvalue weighted by molar-refractivity contribution is -0.154. The summed E-state index contributed by atoms with van der Waals surface area (Å²) >= 11 is 0. The minimum absolute atomic E-state index is 0. The summed E-state index contributed by atoms with van der Waals surface area (Å²) in [5.74, 6) is 0.532. The lowest BCUT2D eigenvalue weighted by Crippen LogP contribution is -2.36. The first kappa shape index (κ1) is 26.2. The van der Waals surface area contributed by atoms with E-state index in [-0.39, 0.29) is 29.9 Å². The zero-order valence-corrected chi connectivity index (χ0v) is 20.3. The minimum atomic E-state index is -4.39. The van der Waals surface area contributed by atoms with E-state index in [9.17, 15) is 13.2 Å². The largest absolute Gasteiger partial charge is 0.468 e. The van der Waals surface area contributed by atoms with E-state index in [0.717, 1.165) is 17.7 Å². The molecule has 10 heteroatoms. The van der Waals surface area contributed by atoms with Gasteiger partial charge in [-0.05, 0) is 48.7 Å². The Kier molecular flexibility index (Phi) is 10.5. The highest BCUT2D eigenvalue weighted by Gasteiger charge is 2.28. The first-order valence-electron chi connectivity index (χ1n) is 10.3. The zero-order chi connectivity index (χ0) is 22.1. The molecule has 0 saturated carbocycles. The third kappa shape index (κ3) is 9.19. The fourth-order valence-corrected chi connectivity index (χ4v) is 3.35. The van der Waals surface area contributed by atoms with Crippen LogP contribution in [0.15, 0.2) is 47.6 Å². The van der Waals surface area contributed by atoms with E-state index in [1.807, 2.05) is 0 Å². The van der Waals surface area contributed by atoms with E-state index < -0.39 is 12.8 Å². The van der Waals surface area contributed by atoms with Crippen LogP contribution in [0.4, 0.5) is 13.2 Å². The number of aliphatic imine (C=N–C) groups is 1. The van der Waals surface area contributed by atoms with Crippen LogP contribution in [0.5, 0.6) is 5.88 Å². The van der Waals surface area contributed by atoms with Crippen molar-refractivity contribution >= 4 is 29.9 Å². The lowest BCUT2D eigenvalue weighted by atomic mass is 10.1. The van der Waals surface area contributed by atoms with Crippen LogP contribution in [0, 0.1) is 0 Å². The number of nitrogens with one attached hydrogen (secondary N) is 2. The normalized spacial score (nSPS) is 14.7. The Morgan fingerprint density at radius 1 is 1.03 bits per heavy atom. The van der Waals surface area contributed by atoms with Crippen molar-refractivity contribution in [2.45, 2.75) is 38.7 Å². The fourth-order valence-electron chi connectivity index (χ4n) is 3.35. The summed E-state index contributed by atoms with van der Waals surface area (Å²) in [6.07, 6.45) is -0.401. The second-order valence-electron chi connectivity index (χ2n) is 7.49. The molecule has 0 radical (unpaired) electrons. The molecule has 0 amide bonds. The van der Waals surface area contributed by atoms with Crippen LogP contribution in [0.1, 0.15) is 29.5 Å². The van der Waals surface area contributed by atoms with Crippen LogP contribution in [0.25, 0.3) is 0 Å². The first-order valence-corrected chi connectivity index (χ1v) is 10.3. The van der Waals surface area contributed by atoms with E-state index in [0.29, 0.717) is 19.0 Å².